The van der Waals surface area contributed by atoms with E-state index in [0.29, 0.717) is 0 Å². The zero-order valence-electron chi connectivity index (χ0n) is 12.4. The van der Waals surface area contributed by atoms with Gasteiger partial charge in [0.25, 0.3) is 0 Å². The summed E-state index contributed by atoms with van der Waals surface area (Å²) in [4.78, 5) is 0. The van der Waals surface area contributed by atoms with Crippen LogP contribution < -0.4 is 5.32 Å². The lowest BCUT2D eigenvalue weighted by molar-refractivity contribution is 0.569. The summed E-state index contributed by atoms with van der Waals surface area (Å²) >= 11 is 0. The van der Waals surface area contributed by atoms with E-state index in [9.17, 15) is 4.39 Å². The van der Waals surface area contributed by atoms with Gasteiger partial charge < -0.3 is 5.32 Å². The minimum absolute atomic E-state index is 0.190. The van der Waals surface area contributed by atoms with Crippen LogP contribution in [0.2, 0.25) is 0 Å². The summed E-state index contributed by atoms with van der Waals surface area (Å²) in [7, 11) is 0. The zero-order chi connectivity index (χ0) is 14.5. The van der Waals surface area contributed by atoms with Crippen molar-refractivity contribution in [1.82, 2.24) is 15.1 Å². The summed E-state index contributed by atoms with van der Waals surface area (Å²) in [6.45, 7) is 8.04. The Labute approximate surface area is 119 Å². The molecule has 1 atom stereocenters. The smallest absolute Gasteiger partial charge is 0.123 e. The highest BCUT2D eigenvalue weighted by Gasteiger charge is 2.13. The maximum atomic E-state index is 13.6. The van der Waals surface area contributed by atoms with Crippen LogP contribution in [0.3, 0.4) is 0 Å². The minimum atomic E-state index is -0.212. The van der Waals surface area contributed by atoms with Gasteiger partial charge in [0.05, 0.1) is 6.20 Å². The molecule has 2 rings (SSSR count). The average molecular weight is 275 g/mol. The fourth-order valence-electron chi connectivity index (χ4n) is 2.30. The number of benzene rings is 1. The second-order valence-corrected chi connectivity index (χ2v) is 4.99. The molecule has 1 aromatic heterocycles. The van der Waals surface area contributed by atoms with Crippen LogP contribution in [-0.2, 0) is 6.54 Å². The van der Waals surface area contributed by atoms with E-state index in [1.165, 1.54) is 6.07 Å². The second-order valence-electron chi connectivity index (χ2n) is 4.99. The molecule has 0 spiro atoms. The van der Waals surface area contributed by atoms with Crippen molar-refractivity contribution >= 4 is 0 Å². The molecule has 0 radical (unpaired) electrons. The highest BCUT2D eigenvalue weighted by Crippen LogP contribution is 2.28. The normalized spacial score (nSPS) is 12.6. The number of nitrogens with one attached hydrogen (secondary N) is 1. The molecule has 1 N–H and O–H groups in total. The van der Waals surface area contributed by atoms with Gasteiger partial charge in [-0.1, -0.05) is 13.0 Å². The highest BCUT2D eigenvalue weighted by molar-refractivity contribution is 5.66. The first-order chi connectivity index (χ1) is 9.65. The fourth-order valence-corrected chi connectivity index (χ4v) is 2.30. The van der Waals surface area contributed by atoms with Gasteiger partial charge in [-0.3, -0.25) is 4.68 Å². The topological polar surface area (TPSA) is 29.9 Å². The van der Waals surface area contributed by atoms with Gasteiger partial charge >= 0.3 is 0 Å². The van der Waals surface area contributed by atoms with Crippen molar-refractivity contribution in [2.75, 3.05) is 6.54 Å². The van der Waals surface area contributed by atoms with Crippen molar-refractivity contribution in [3.8, 4) is 11.1 Å². The summed E-state index contributed by atoms with van der Waals surface area (Å²) in [5, 5.41) is 7.73. The zero-order valence-corrected chi connectivity index (χ0v) is 12.4. The third-order valence-electron chi connectivity index (χ3n) is 3.45. The predicted molar refractivity (Wildman–Crippen MR) is 80.0 cm³/mol. The van der Waals surface area contributed by atoms with Crippen molar-refractivity contribution in [1.29, 1.82) is 0 Å². The molecular formula is C16H22FN3. The highest BCUT2D eigenvalue weighted by atomic mass is 19.1. The van der Waals surface area contributed by atoms with Crippen LogP contribution in [0.1, 0.15) is 38.8 Å². The van der Waals surface area contributed by atoms with E-state index in [1.807, 2.05) is 23.9 Å². The monoisotopic (exact) mass is 275 g/mol. The van der Waals surface area contributed by atoms with Crippen LogP contribution in [0.4, 0.5) is 4.39 Å². The van der Waals surface area contributed by atoms with E-state index in [-0.39, 0.29) is 11.9 Å². The van der Waals surface area contributed by atoms with Crippen LogP contribution >= 0.6 is 0 Å². The number of aromatic nitrogens is 2. The van der Waals surface area contributed by atoms with Gasteiger partial charge in [0, 0.05) is 24.3 Å². The average Bonchev–Trinajstić information content (AvgIpc) is 2.93. The molecule has 108 valence electrons. The standard InChI is InChI=1S/C16H22FN3/c1-4-8-18-12(3)15-7-6-14(17)9-16(15)13-10-19-20(5-2)11-13/h6-7,9-12,18H,4-5,8H2,1-3H3. The van der Waals surface area contributed by atoms with Crippen LogP contribution in [0.5, 0.6) is 0 Å². The van der Waals surface area contributed by atoms with Gasteiger partial charge in [0.15, 0.2) is 0 Å². The van der Waals surface area contributed by atoms with E-state index in [1.54, 1.807) is 12.3 Å². The van der Waals surface area contributed by atoms with Gasteiger partial charge in [0.1, 0.15) is 5.82 Å². The number of rotatable bonds is 6. The molecule has 0 aliphatic rings. The number of halogens is 1. The fraction of sp³-hybridized carbons (Fsp3) is 0.438. The molecule has 1 aromatic carbocycles. The third kappa shape index (κ3) is 3.25. The first-order valence-corrected chi connectivity index (χ1v) is 7.21. The molecule has 3 nitrogen and oxygen atoms in total. The maximum Gasteiger partial charge on any atom is 0.123 e. The Morgan fingerprint density at radius 2 is 2.15 bits per heavy atom. The third-order valence-corrected chi connectivity index (χ3v) is 3.45. The first-order valence-electron chi connectivity index (χ1n) is 7.21. The lowest BCUT2D eigenvalue weighted by Crippen LogP contribution is -2.19. The van der Waals surface area contributed by atoms with Gasteiger partial charge in [-0.25, -0.2) is 4.39 Å². The number of hydrogen-bond acceptors (Lipinski definition) is 2. The molecule has 0 saturated heterocycles. The Morgan fingerprint density at radius 3 is 2.80 bits per heavy atom. The van der Waals surface area contributed by atoms with Gasteiger partial charge in [-0.15, -0.1) is 0 Å². The lowest BCUT2D eigenvalue weighted by Gasteiger charge is -2.17. The van der Waals surface area contributed by atoms with E-state index in [2.05, 4.69) is 24.3 Å². The van der Waals surface area contributed by atoms with E-state index < -0.39 is 0 Å². The van der Waals surface area contributed by atoms with E-state index >= 15 is 0 Å². The molecule has 1 unspecified atom stereocenters. The maximum absolute atomic E-state index is 13.6. The number of aryl methyl sites for hydroxylation is 1. The molecule has 0 aliphatic heterocycles. The van der Waals surface area contributed by atoms with Crippen molar-refractivity contribution in [2.45, 2.75) is 39.8 Å². The summed E-state index contributed by atoms with van der Waals surface area (Å²) in [5.74, 6) is -0.212. The van der Waals surface area contributed by atoms with Crippen molar-refractivity contribution in [3.05, 3.63) is 42.0 Å². The Kier molecular flexibility index (Phi) is 4.90. The van der Waals surface area contributed by atoms with Crippen LogP contribution in [0.15, 0.2) is 30.6 Å². The minimum Gasteiger partial charge on any atom is -0.310 e. The van der Waals surface area contributed by atoms with E-state index in [4.69, 9.17) is 0 Å². The SMILES string of the molecule is CCCNC(C)c1ccc(F)cc1-c1cnn(CC)c1. The second kappa shape index (κ2) is 6.66. The summed E-state index contributed by atoms with van der Waals surface area (Å²) < 4.78 is 15.4. The molecule has 20 heavy (non-hydrogen) atoms. The molecule has 0 saturated carbocycles. The molecule has 0 fully saturated rings. The van der Waals surface area contributed by atoms with Gasteiger partial charge in [-0.2, -0.15) is 5.10 Å². The Hall–Kier alpha value is -1.68. The first kappa shape index (κ1) is 14.7. The molecule has 0 aliphatic carbocycles. The van der Waals surface area contributed by atoms with Crippen molar-refractivity contribution < 1.29 is 4.39 Å². The summed E-state index contributed by atoms with van der Waals surface area (Å²) in [6.07, 6.45) is 4.84. The van der Waals surface area contributed by atoms with Crippen LogP contribution in [-0.4, -0.2) is 16.3 Å². The molecule has 1 heterocycles. The number of nitrogens with zero attached hydrogens (tertiary/aromatic N) is 2. The quantitative estimate of drug-likeness (QED) is 0.869. The lowest BCUT2D eigenvalue weighted by atomic mass is 9.97. The van der Waals surface area contributed by atoms with Crippen LogP contribution in [0.25, 0.3) is 11.1 Å². The molecular weight excluding hydrogens is 253 g/mol. The van der Waals surface area contributed by atoms with E-state index in [0.717, 1.165) is 36.2 Å². The molecule has 0 amide bonds. The van der Waals surface area contributed by atoms with Gasteiger partial charge in [-0.05, 0) is 50.1 Å². The largest absolute Gasteiger partial charge is 0.310 e. The molecule has 4 heteroatoms. The van der Waals surface area contributed by atoms with Crippen molar-refractivity contribution in [2.24, 2.45) is 0 Å². The Balaban J connectivity index is 2.37. The van der Waals surface area contributed by atoms with Crippen molar-refractivity contribution in [3.63, 3.8) is 0 Å². The predicted octanol–water partition coefficient (Wildman–Crippen LogP) is 3.77. The molecule has 0 bridgehead atoms. The van der Waals surface area contributed by atoms with Gasteiger partial charge in [0.2, 0.25) is 0 Å². The van der Waals surface area contributed by atoms with Crippen LogP contribution in [0, 0.1) is 5.82 Å². The molecule has 2 aromatic rings. The summed E-state index contributed by atoms with van der Waals surface area (Å²) in [5.41, 5.74) is 2.99. The number of hydrogen-bond donors (Lipinski definition) is 1. The Morgan fingerprint density at radius 1 is 1.35 bits per heavy atom. The summed E-state index contributed by atoms with van der Waals surface area (Å²) in [6, 6.07) is 5.17. The Bertz CT molecular complexity index is 563.